The number of para-hydroxylation sites is 2. The third-order valence-electron chi connectivity index (χ3n) is 13.9. The minimum atomic E-state index is -0.120. The van der Waals surface area contributed by atoms with Crippen LogP contribution in [0.4, 0.5) is 0 Å². The fourth-order valence-electron chi connectivity index (χ4n) is 10.9. The Morgan fingerprint density at radius 1 is 0.328 bits per heavy atom. The smallest absolute Gasteiger partial charge is 0.0722 e. The SMILES string of the molecule is CC1(C)c2ccccc2-c2c(-c3cc(-c4ccccc4)cc(-c4cc(-c5ccc6c7ccccc7c7ccccc7c6c5)cc(-n5c6ccccc6c6ccccc65)c4)n3)cccc21. The molecule has 0 bridgehead atoms. The summed E-state index contributed by atoms with van der Waals surface area (Å²) < 4.78 is 2.44. The van der Waals surface area contributed by atoms with Crippen molar-refractivity contribution in [2.75, 3.05) is 0 Å². The van der Waals surface area contributed by atoms with Gasteiger partial charge in [-0.2, -0.15) is 0 Å². The summed E-state index contributed by atoms with van der Waals surface area (Å²) in [5.74, 6) is 0. The third-order valence-corrected chi connectivity index (χ3v) is 13.9. The lowest BCUT2D eigenvalue weighted by Gasteiger charge is -2.21. The van der Waals surface area contributed by atoms with Crippen LogP contribution in [-0.4, -0.2) is 9.55 Å². The number of benzene rings is 10. The minimum Gasteiger partial charge on any atom is -0.309 e. The van der Waals surface area contributed by atoms with Crippen LogP contribution in [0, 0.1) is 0 Å². The van der Waals surface area contributed by atoms with Crippen molar-refractivity contribution in [2.24, 2.45) is 0 Å². The summed E-state index contributed by atoms with van der Waals surface area (Å²) in [7, 11) is 0. The molecule has 1 aliphatic rings. The Balaban J connectivity index is 1.10. The number of rotatable bonds is 5. The van der Waals surface area contributed by atoms with Gasteiger partial charge in [0.05, 0.1) is 22.4 Å². The fourth-order valence-corrected chi connectivity index (χ4v) is 10.9. The number of pyridine rings is 1. The molecule has 2 nitrogen and oxygen atoms in total. The van der Waals surface area contributed by atoms with Gasteiger partial charge in [0.2, 0.25) is 0 Å². The van der Waals surface area contributed by atoms with Crippen molar-refractivity contribution in [3.8, 4) is 61.6 Å². The maximum Gasteiger partial charge on any atom is 0.0722 e. The second-order valence-electron chi connectivity index (χ2n) is 17.9. The number of hydrogen-bond acceptors (Lipinski definition) is 1. The molecule has 0 radical (unpaired) electrons. The fraction of sp³-hybridized carbons (Fsp3) is 0.0484. The molecule has 300 valence electrons. The molecule has 10 aromatic carbocycles. The molecule has 0 spiro atoms. The van der Waals surface area contributed by atoms with E-state index in [9.17, 15) is 0 Å². The van der Waals surface area contributed by atoms with Gasteiger partial charge in [0.15, 0.2) is 0 Å². The molecule has 0 saturated heterocycles. The van der Waals surface area contributed by atoms with Crippen LogP contribution in [0.3, 0.4) is 0 Å². The van der Waals surface area contributed by atoms with Crippen LogP contribution < -0.4 is 0 Å². The number of nitrogens with zero attached hydrogens (tertiary/aromatic N) is 2. The Kier molecular flexibility index (Phi) is 7.98. The van der Waals surface area contributed by atoms with Gasteiger partial charge < -0.3 is 4.57 Å². The molecule has 13 rings (SSSR count). The van der Waals surface area contributed by atoms with Crippen LogP contribution in [0.5, 0.6) is 0 Å². The molecule has 0 N–H and O–H groups in total. The highest BCUT2D eigenvalue weighted by Gasteiger charge is 2.36. The van der Waals surface area contributed by atoms with E-state index in [0.717, 1.165) is 50.5 Å². The standard InChI is InChI=1S/C62H42N2/c1-62(2)55-27-13-10-25-52(55)61-53(26-16-28-56(61)62)58-38-42(39-17-4-3-5-18-39)37-57(63-58)43-33-41(34-44(35-43)64-59-29-14-11-23-50(59)51-24-12-15-30-60(51)64)40-31-32-49-47-21-7-6-19-45(47)46-20-8-9-22-48(46)54(49)36-40/h3-38H,1-2H3. The van der Waals surface area contributed by atoms with Gasteiger partial charge in [-0.1, -0.05) is 184 Å². The molecule has 64 heavy (non-hydrogen) atoms. The van der Waals surface area contributed by atoms with Crippen molar-refractivity contribution in [2.45, 2.75) is 19.3 Å². The first-order valence-electron chi connectivity index (χ1n) is 22.3. The monoisotopic (exact) mass is 814 g/mol. The zero-order chi connectivity index (χ0) is 42.5. The zero-order valence-corrected chi connectivity index (χ0v) is 35.7. The summed E-state index contributed by atoms with van der Waals surface area (Å²) in [4.78, 5) is 5.70. The molecule has 2 heterocycles. The summed E-state index contributed by atoms with van der Waals surface area (Å²) in [6.45, 7) is 4.70. The molecular weight excluding hydrogens is 773 g/mol. The maximum atomic E-state index is 5.70. The molecule has 12 aromatic rings. The average Bonchev–Trinajstić information content (AvgIpc) is 3.82. The topological polar surface area (TPSA) is 17.8 Å². The molecule has 2 heteroatoms. The molecule has 2 aromatic heterocycles. The lowest BCUT2D eigenvalue weighted by molar-refractivity contribution is 0.660. The van der Waals surface area contributed by atoms with E-state index in [1.807, 2.05) is 0 Å². The van der Waals surface area contributed by atoms with Crippen molar-refractivity contribution in [3.05, 3.63) is 230 Å². The van der Waals surface area contributed by atoms with E-state index in [1.54, 1.807) is 0 Å². The first-order valence-corrected chi connectivity index (χ1v) is 22.3. The van der Waals surface area contributed by atoms with Gasteiger partial charge in [0.1, 0.15) is 0 Å². The number of hydrogen-bond donors (Lipinski definition) is 0. The highest BCUT2D eigenvalue weighted by molar-refractivity contribution is 6.25. The van der Waals surface area contributed by atoms with E-state index in [1.165, 1.54) is 76.4 Å². The molecule has 0 saturated carbocycles. The normalized spacial score (nSPS) is 13.0. The molecule has 0 amide bonds. The lowest BCUT2D eigenvalue weighted by Crippen LogP contribution is -2.14. The lowest BCUT2D eigenvalue weighted by atomic mass is 9.82. The van der Waals surface area contributed by atoms with Crippen LogP contribution >= 0.6 is 0 Å². The van der Waals surface area contributed by atoms with E-state index in [-0.39, 0.29) is 5.41 Å². The number of fused-ring (bicyclic) bond motifs is 12. The van der Waals surface area contributed by atoms with E-state index in [4.69, 9.17) is 4.98 Å². The van der Waals surface area contributed by atoms with Gasteiger partial charge in [-0.05, 0) is 125 Å². The van der Waals surface area contributed by atoms with Crippen LogP contribution in [0.15, 0.2) is 218 Å². The third kappa shape index (κ3) is 5.49. The van der Waals surface area contributed by atoms with Gasteiger partial charge in [-0.15, -0.1) is 0 Å². The van der Waals surface area contributed by atoms with Crippen molar-refractivity contribution >= 4 is 54.1 Å². The van der Waals surface area contributed by atoms with Crippen molar-refractivity contribution < 1.29 is 0 Å². The van der Waals surface area contributed by atoms with Crippen LogP contribution in [0.25, 0.3) is 116 Å². The highest BCUT2D eigenvalue weighted by atomic mass is 15.0. The quantitative estimate of drug-likeness (QED) is 0.158. The molecule has 0 fully saturated rings. The molecular formula is C62H42N2. The Hall–Kier alpha value is -8.07. The van der Waals surface area contributed by atoms with Gasteiger partial charge in [-0.25, -0.2) is 4.98 Å². The van der Waals surface area contributed by atoms with Gasteiger partial charge in [-0.3, -0.25) is 0 Å². The van der Waals surface area contributed by atoms with E-state index in [0.29, 0.717) is 0 Å². The van der Waals surface area contributed by atoms with Crippen LogP contribution in [0.1, 0.15) is 25.0 Å². The predicted molar refractivity (Wildman–Crippen MR) is 270 cm³/mol. The predicted octanol–water partition coefficient (Wildman–Crippen LogP) is 16.6. The maximum absolute atomic E-state index is 5.70. The average molecular weight is 815 g/mol. The minimum absolute atomic E-state index is 0.120. The Morgan fingerprint density at radius 2 is 0.844 bits per heavy atom. The summed E-state index contributed by atoms with van der Waals surface area (Å²) in [5.41, 5.74) is 17.3. The van der Waals surface area contributed by atoms with E-state index >= 15 is 0 Å². The highest BCUT2D eigenvalue weighted by Crippen LogP contribution is 2.52. The van der Waals surface area contributed by atoms with Crippen molar-refractivity contribution in [1.82, 2.24) is 9.55 Å². The van der Waals surface area contributed by atoms with Gasteiger partial charge in [0, 0.05) is 33.0 Å². The van der Waals surface area contributed by atoms with E-state index in [2.05, 4.69) is 237 Å². The van der Waals surface area contributed by atoms with Crippen molar-refractivity contribution in [1.29, 1.82) is 0 Å². The summed E-state index contributed by atoms with van der Waals surface area (Å²) in [6, 6.07) is 80.4. The largest absolute Gasteiger partial charge is 0.309 e. The van der Waals surface area contributed by atoms with E-state index < -0.39 is 0 Å². The second-order valence-corrected chi connectivity index (χ2v) is 17.9. The van der Waals surface area contributed by atoms with Crippen molar-refractivity contribution in [3.63, 3.8) is 0 Å². The van der Waals surface area contributed by atoms with Gasteiger partial charge in [0.25, 0.3) is 0 Å². The Morgan fingerprint density at radius 3 is 1.55 bits per heavy atom. The zero-order valence-electron chi connectivity index (χ0n) is 35.7. The Bertz CT molecular complexity index is 3780. The Labute approximate surface area is 372 Å². The molecule has 0 unspecified atom stereocenters. The van der Waals surface area contributed by atoms with Crippen LogP contribution in [0.2, 0.25) is 0 Å². The first kappa shape index (κ1) is 36.6. The summed E-state index contributed by atoms with van der Waals surface area (Å²) in [5, 5.41) is 10.1. The second kappa shape index (κ2) is 14.0. The molecule has 0 atom stereocenters. The summed E-state index contributed by atoms with van der Waals surface area (Å²) in [6.07, 6.45) is 0. The first-order chi connectivity index (χ1) is 31.5. The summed E-state index contributed by atoms with van der Waals surface area (Å²) >= 11 is 0. The number of aromatic nitrogens is 2. The molecule has 1 aliphatic carbocycles. The van der Waals surface area contributed by atoms with Gasteiger partial charge >= 0.3 is 0 Å². The molecule has 0 aliphatic heterocycles. The van der Waals surface area contributed by atoms with Crippen LogP contribution in [-0.2, 0) is 5.41 Å².